The summed E-state index contributed by atoms with van der Waals surface area (Å²) in [6, 6.07) is 6.05. The molecule has 4 aromatic rings. The quantitative estimate of drug-likeness (QED) is 0.190. The van der Waals surface area contributed by atoms with Gasteiger partial charge in [-0.05, 0) is 12.1 Å². The van der Waals surface area contributed by atoms with Gasteiger partial charge in [-0.3, -0.25) is 13.7 Å². The molecular formula is C22H24O12S3. The van der Waals surface area contributed by atoms with Gasteiger partial charge in [0.25, 0.3) is 30.4 Å². The van der Waals surface area contributed by atoms with Crippen LogP contribution in [0.25, 0.3) is 32.3 Å². The number of aliphatic carboxylic acids is 1. The molecule has 4 rings (SSSR count). The Hall–Kier alpha value is -3.08. The number of carboxylic acid groups (broad SMARTS) is 1. The van der Waals surface area contributed by atoms with E-state index in [1.165, 1.54) is 12.1 Å². The highest BCUT2D eigenvalue weighted by molar-refractivity contribution is 7.87. The number of hydrogen-bond acceptors (Lipinski definition) is 8. The predicted octanol–water partition coefficient (Wildman–Crippen LogP) is 3.84. The normalized spacial score (nSPS) is 12.1. The van der Waals surface area contributed by atoms with Crippen LogP contribution in [0.4, 0.5) is 0 Å². The van der Waals surface area contributed by atoms with Crippen LogP contribution >= 0.6 is 0 Å². The lowest BCUT2D eigenvalue weighted by atomic mass is 9.93. The minimum atomic E-state index is -5.03. The van der Waals surface area contributed by atoms with Crippen LogP contribution in [-0.4, -0.2) is 56.6 Å². The van der Waals surface area contributed by atoms with Gasteiger partial charge < -0.3 is 9.84 Å². The first-order chi connectivity index (χ1) is 17.1. The summed E-state index contributed by atoms with van der Waals surface area (Å²) in [5.41, 5.74) is 0. The summed E-state index contributed by atoms with van der Waals surface area (Å²) in [5, 5.41) is 8.02. The fraction of sp³-hybridized carbons (Fsp3) is 0.227. The Balaban J connectivity index is 0.00000115. The van der Waals surface area contributed by atoms with Gasteiger partial charge in [0.2, 0.25) is 0 Å². The summed E-state index contributed by atoms with van der Waals surface area (Å²) < 4.78 is 106. The van der Waals surface area contributed by atoms with Crippen molar-refractivity contribution in [2.75, 3.05) is 6.61 Å². The second-order valence-corrected chi connectivity index (χ2v) is 11.1. The molecule has 0 saturated carbocycles. The third-order valence-electron chi connectivity index (χ3n) is 4.93. The third-order valence-corrected chi connectivity index (χ3v) is 7.61. The van der Waals surface area contributed by atoms with Crippen molar-refractivity contribution in [3.8, 4) is 5.75 Å². The van der Waals surface area contributed by atoms with Crippen molar-refractivity contribution < 1.29 is 53.5 Å². The molecule has 0 unspecified atom stereocenters. The Kier molecular flexibility index (Phi) is 8.74. The lowest BCUT2D eigenvalue weighted by molar-refractivity contribution is -0.139. The van der Waals surface area contributed by atoms with E-state index in [0.29, 0.717) is 6.07 Å². The van der Waals surface area contributed by atoms with Gasteiger partial charge in [-0.1, -0.05) is 45.9 Å². The lowest BCUT2D eigenvalue weighted by Gasteiger charge is -2.18. The van der Waals surface area contributed by atoms with Gasteiger partial charge in [-0.2, -0.15) is 25.3 Å². The highest BCUT2D eigenvalue weighted by Gasteiger charge is 2.28. The fourth-order valence-electron chi connectivity index (χ4n) is 3.77. The summed E-state index contributed by atoms with van der Waals surface area (Å²) in [4.78, 5) is 8.45. The molecule has 0 heterocycles. The summed E-state index contributed by atoms with van der Waals surface area (Å²) in [7, 11) is -15.0. The van der Waals surface area contributed by atoms with E-state index in [0.717, 1.165) is 18.2 Å². The molecule has 12 nitrogen and oxygen atoms in total. The molecule has 37 heavy (non-hydrogen) atoms. The van der Waals surface area contributed by atoms with E-state index in [9.17, 15) is 43.7 Å². The number of hydrogen-bond donors (Lipinski definition) is 4. The first-order valence-corrected chi connectivity index (χ1v) is 15.0. The molecular weight excluding hydrogens is 552 g/mol. The Morgan fingerprint density at radius 3 is 1.32 bits per heavy atom. The lowest BCUT2D eigenvalue weighted by Crippen LogP contribution is -2.11. The average Bonchev–Trinajstić information content (AvgIpc) is 2.81. The minimum absolute atomic E-state index is 0.0468. The van der Waals surface area contributed by atoms with Crippen LogP contribution in [0, 0.1) is 0 Å². The molecule has 0 spiro atoms. The molecule has 202 valence electrons. The number of rotatable bonds is 6. The smallest absolute Gasteiger partial charge is 0.341 e. The van der Waals surface area contributed by atoms with Crippen molar-refractivity contribution in [1.29, 1.82) is 0 Å². The Morgan fingerprint density at radius 2 is 0.973 bits per heavy atom. The van der Waals surface area contributed by atoms with E-state index < -0.39 is 57.6 Å². The Bertz CT molecular complexity index is 1760. The SMILES string of the molecule is CC.CC.O=C(O)COc1cc(S(=O)(=O)O)c2ccc3c(S(=O)(=O)O)cc(S(=O)(=O)O)c4ccc1c2c43. The van der Waals surface area contributed by atoms with Crippen LogP contribution in [0.15, 0.2) is 51.1 Å². The van der Waals surface area contributed by atoms with Crippen LogP contribution < -0.4 is 4.74 Å². The standard InChI is InChI=1S/C18H12O12S3.2C2H6/c19-16(20)7-30-12-5-13(31(21,22)23)9-3-4-11-15(33(27,28)29)6-14(32(24,25)26)10-2-1-8(12)17(9)18(10)11;2*1-2/h1-6H,7H2,(H,19,20)(H,21,22,23)(H,24,25,26)(H,27,28,29);2*1-2H3. The third kappa shape index (κ3) is 5.76. The van der Waals surface area contributed by atoms with Gasteiger partial charge in [-0.25, -0.2) is 4.79 Å². The molecule has 0 saturated heterocycles. The molecule has 0 aromatic heterocycles. The molecule has 15 heteroatoms. The zero-order valence-corrected chi connectivity index (χ0v) is 22.4. The first kappa shape index (κ1) is 30.1. The maximum atomic E-state index is 12.0. The zero-order valence-electron chi connectivity index (χ0n) is 20.0. The van der Waals surface area contributed by atoms with E-state index in [-0.39, 0.29) is 38.1 Å². The van der Waals surface area contributed by atoms with Crippen molar-refractivity contribution in [2.45, 2.75) is 42.4 Å². The van der Waals surface area contributed by atoms with Gasteiger partial charge >= 0.3 is 5.97 Å². The van der Waals surface area contributed by atoms with Gasteiger partial charge in [0.15, 0.2) is 6.61 Å². The van der Waals surface area contributed by atoms with Crippen molar-refractivity contribution in [3.05, 3.63) is 36.4 Å². The van der Waals surface area contributed by atoms with E-state index in [1.807, 2.05) is 27.7 Å². The molecule has 4 N–H and O–H groups in total. The summed E-state index contributed by atoms with van der Waals surface area (Å²) in [6.45, 7) is 7.10. The van der Waals surface area contributed by atoms with E-state index in [1.54, 1.807) is 0 Å². The number of ether oxygens (including phenoxy) is 1. The van der Waals surface area contributed by atoms with Crippen LogP contribution in [-0.2, 0) is 35.1 Å². The second-order valence-electron chi connectivity index (χ2n) is 6.92. The maximum Gasteiger partial charge on any atom is 0.341 e. The van der Waals surface area contributed by atoms with Crippen molar-refractivity contribution in [3.63, 3.8) is 0 Å². The molecule has 0 amide bonds. The van der Waals surface area contributed by atoms with Crippen LogP contribution in [0.3, 0.4) is 0 Å². The molecule has 4 aromatic carbocycles. The summed E-state index contributed by atoms with van der Waals surface area (Å²) >= 11 is 0. The molecule has 0 aliphatic heterocycles. The van der Waals surface area contributed by atoms with Crippen LogP contribution in [0.1, 0.15) is 27.7 Å². The molecule has 0 radical (unpaired) electrons. The van der Waals surface area contributed by atoms with Crippen LogP contribution in [0.2, 0.25) is 0 Å². The largest absolute Gasteiger partial charge is 0.481 e. The molecule has 0 fully saturated rings. The Morgan fingerprint density at radius 1 is 0.649 bits per heavy atom. The molecule has 0 bridgehead atoms. The average molecular weight is 577 g/mol. The monoisotopic (exact) mass is 576 g/mol. The molecule has 0 atom stereocenters. The van der Waals surface area contributed by atoms with Crippen molar-refractivity contribution in [2.24, 2.45) is 0 Å². The highest BCUT2D eigenvalue weighted by Crippen LogP contribution is 2.45. The van der Waals surface area contributed by atoms with Crippen molar-refractivity contribution >= 4 is 68.6 Å². The van der Waals surface area contributed by atoms with Gasteiger partial charge in [0.1, 0.15) is 20.4 Å². The molecule has 0 aliphatic rings. The predicted molar refractivity (Wildman–Crippen MR) is 135 cm³/mol. The van der Waals surface area contributed by atoms with Crippen molar-refractivity contribution in [1.82, 2.24) is 0 Å². The van der Waals surface area contributed by atoms with E-state index in [2.05, 4.69) is 0 Å². The highest BCUT2D eigenvalue weighted by atomic mass is 32.2. The van der Waals surface area contributed by atoms with Gasteiger partial charge in [0, 0.05) is 38.4 Å². The van der Waals surface area contributed by atoms with Gasteiger partial charge in [0.05, 0.1) is 0 Å². The zero-order chi connectivity index (χ0) is 28.5. The first-order valence-electron chi connectivity index (χ1n) is 10.7. The van der Waals surface area contributed by atoms with Gasteiger partial charge in [-0.15, -0.1) is 0 Å². The summed E-state index contributed by atoms with van der Waals surface area (Å²) in [5.74, 6) is -1.73. The minimum Gasteiger partial charge on any atom is -0.481 e. The number of carboxylic acids is 1. The van der Waals surface area contributed by atoms with E-state index in [4.69, 9.17) is 9.84 Å². The summed E-state index contributed by atoms with van der Waals surface area (Å²) in [6.07, 6.45) is 0. The fourth-order valence-corrected chi connectivity index (χ4v) is 5.97. The number of benzene rings is 4. The molecule has 0 aliphatic carbocycles. The van der Waals surface area contributed by atoms with E-state index >= 15 is 0 Å². The Labute approximate surface area is 213 Å². The second kappa shape index (κ2) is 10.7. The van der Waals surface area contributed by atoms with Crippen LogP contribution in [0.5, 0.6) is 5.75 Å². The topological polar surface area (TPSA) is 210 Å². The number of carbonyl (C=O) groups is 1. The maximum absolute atomic E-state index is 12.0.